The average Bonchev–Trinajstić information content (AvgIpc) is 3.82. The number of hydrogen-bond acceptors (Lipinski definition) is 11. The Labute approximate surface area is 372 Å². The van der Waals surface area contributed by atoms with Crippen LogP contribution in [0.2, 0.25) is 0 Å². The molecule has 2 atom stereocenters. The van der Waals surface area contributed by atoms with E-state index in [4.69, 9.17) is 15.6 Å². The van der Waals surface area contributed by atoms with Gasteiger partial charge >= 0.3 is 0 Å². The van der Waals surface area contributed by atoms with Crippen molar-refractivity contribution < 1.29 is 33.5 Å². The van der Waals surface area contributed by atoms with Crippen LogP contribution in [-0.2, 0) is 14.4 Å². The fraction of sp³-hybridized carbons (Fsp3) is 0.438. The van der Waals surface area contributed by atoms with Gasteiger partial charge in [-0.2, -0.15) is 5.10 Å². The van der Waals surface area contributed by atoms with Gasteiger partial charge in [0.2, 0.25) is 17.7 Å². The van der Waals surface area contributed by atoms with Crippen molar-refractivity contribution in [3.63, 3.8) is 0 Å². The first-order valence-electron chi connectivity index (χ1n) is 22.6. The summed E-state index contributed by atoms with van der Waals surface area (Å²) in [5, 5.41) is 13.9. The van der Waals surface area contributed by atoms with E-state index in [1.54, 1.807) is 18.2 Å². The first-order chi connectivity index (χ1) is 31.1. The Morgan fingerprint density at radius 1 is 0.844 bits per heavy atom. The van der Waals surface area contributed by atoms with Gasteiger partial charge in [-0.15, -0.1) is 0 Å². The summed E-state index contributed by atoms with van der Waals surface area (Å²) in [7, 11) is 2.09. The number of carbonyl (C=O) groups is 6. The van der Waals surface area contributed by atoms with Crippen molar-refractivity contribution in [2.24, 2.45) is 11.7 Å². The number of nitrogens with two attached hydrogens (primary N) is 1. The van der Waals surface area contributed by atoms with E-state index in [2.05, 4.69) is 27.9 Å². The van der Waals surface area contributed by atoms with E-state index in [-0.39, 0.29) is 35.9 Å². The van der Waals surface area contributed by atoms with E-state index in [9.17, 15) is 28.8 Å². The second-order valence-corrected chi connectivity index (χ2v) is 17.2. The third-order valence-electron chi connectivity index (χ3n) is 12.9. The highest BCUT2D eigenvalue weighted by Crippen LogP contribution is 2.40. The highest BCUT2D eigenvalue weighted by atomic mass is 16.5. The fourth-order valence-corrected chi connectivity index (χ4v) is 9.53. The summed E-state index contributed by atoms with van der Waals surface area (Å²) in [6.45, 7) is 4.53. The average molecular weight is 872 g/mol. The molecule has 4 aliphatic rings. The number of piperidine rings is 2. The standard InChI is InChI=1S/C48H57N9O7/c1-54(27-8-3-2-7-25-50-36-14-9-13-35-41(36)48(63)56(47(35)62)38-20-21-39(58)52-46(38)61)28-10-15-40(59)55-29-23-31(24-30-55)37-22-26-51-45-42(44(49)60)43(53-57(37)45)32-16-18-34(19-17-32)64-33-11-5-4-6-12-33/h4-6,9,11-14,16-19,31,37-38,50-51H,2-3,7-8,10,15,20-30H2,1H3,(H2,49,60)(H,52,58,61)/t37-,38?/m0/s1. The molecule has 2 fully saturated rings. The maximum Gasteiger partial charge on any atom is 0.264 e. The molecule has 0 aliphatic carbocycles. The molecule has 6 amide bonds. The number of fused-ring (bicyclic) bond motifs is 2. The van der Waals surface area contributed by atoms with Crippen molar-refractivity contribution in [3.8, 4) is 22.8 Å². The van der Waals surface area contributed by atoms with Gasteiger partial charge in [0.15, 0.2) is 0 Å². The fourth-order valence-electron chi connectivity index (χ4n) is 9.53. The van der Waals surface area contributed by atoms with Gasteiger partial charge in [-0.05, 0) is 120 Å². The highest BCUT2D eigenvalue weighted by molar-refractivity contribution is 6.25. The number of aromatic nitrogens is 2. The number of unbranched alkanes of at least 4 members (excludes halogenated alkanes) is 3. The van der Waals surface area contributed by atoms with Gasteiger partial charge in [0, 0.05) is 50.3 Å². The summed E-state index contributed by atoms with van der Waals surface area (Å²) >= 11 is 0. The molecule has 4 aromatic rings. The predicted octanol–water partition coefficient (Wildman–Crippen LogP) is 5.82. The lowest BCUT2D eigenvalue weighted by atomic mass is 9.86. The Morgan fingerprint density at radius 3 is 2.33 bits per heavy atom. The minimum atomic E-state index is -0.992. The molecule has 16 heteroatoms. The van der Waals surface area contributed by atoms with Crippen LogP contribution < -0.4 is 26.4 Å². The molecule has 1 unspecified atom stereocenters. The molecule has 5 heterocycles. The summed E-state index contributed by atoms with van der Waals surface area (Å²) in [5.74, 6) is 0.0103. The Morgan fingerprint density at radius 2 is 1.58 bits per heavy atom. The minimum absolute atomic E-state index is 0.0792. The Hall–Kier alpha value is -6.55. The smallest absolute Gasteiger partial charge is 0.264 e. The van der Waals surface area contributed by atoms with Gasteiger partial charge in [0.05, 0.1) is 17.2 Å². The lowest BCUT2D eigenvalue weighted by Gasteiger charge is -2.38. The third kappa shape index (κ3) is 9.66. The van der Waals surface area contributed by atoms with Crippen LogP contribution in [0.3, 0.4) is 0 Å². The zero-order valence-corrected chi connectivity index (χ0v) is 36.4. The number of likely N-dealkylation sites (tertiary alicyclic amines) is 1. The number of hydrogen-bond donors (Lipinski definition) is 4. The van der Waals surface area contributed by atoms with Crippen LogP contribution in [-0.4, -0.2) is 112 Å². The van der Waals surface area contributed by atoms with Crippen LogP contribution in [0.1, 0.15) is 108 Å². The van der Waals surface area contributed by atoms with Crippen molar-refractivity contribution in [1.82, 2.24) is 29.8 Å². The van der Waals surface area contributed by atoms with Crippen LogP contribution in [0.4, 0.5) is 11.5 Å². The molecular formula is C48H57N9O7. The molecule has 2 saturated heterocycles. The molecule has 5 N–H and O–H groups in total. The monoisotopic (exact) mass is 871 g/mol. The van der Waals surface area contributed by atoms with Crippen molar-refractivity contribution >= 4 is 46.9 Å². The lowest BCUT2D eigenvalue weighted by Crippen LogP contribution is -2.54. The zero-order valence-electron chi connectivity index (χ0n) is 36.4. The van der Waals surface area contributed by atoms with Crippen LogP contribution in [0.5, 0.6) is 11.5 Å². The SMILES string of the molecule is CN(CCCCCCNc1cccc2c1C(=O)N(C1CCC(=O)NC1=O)C2=O)CCCC(=O)N1CCC([C@@H]2CCNc3c(C(N)=O)c(-c4ccc(Oc5ccccc5)cc4)nn32)CC1. The molecule has 64 heavy (non-hydrogen) atoms. The number of carbonyl (C=O) groups excluding carboxylic acids is 6. The lowest BCUT2D eigenvalue weighted by molar-refractivity contribution is -0.136. The van der Waals surface area contributed by atoms with E-state index in [1.807, 2.05) is 64.2 Å². The second-order valence-electron chi connectivity index (χ2n) is 17.2. The maximum absolute atomic E-state index is 13.3. The number of primary amides is 1. The number of imide groups is 2. The topological polar surface area (TPSA) is 201 Å². The van der Waals surface area contributed by atoms with Crippen LogP contribution in [0.15, 0.2) is 72.8 Å². The Kier molecular flexibility index (Phi) is 13.7. The number of anilines is 2. The number of ether oxygens (including phenoxy) is 1. The first kappa shape index (κ1) is 44.1. The Balaban J connectivity index is 0.731. The van der Waals surface area contributed by atoms with Crippen molar-refractivity contribution in [1.29, 1.82) is 0 Å². The van der Waals surface area contributed by atoms with E-state index in [0.29, 0.717) is 67.0 Å². The van der Waals surface area contributed by atoms with Gasteiger partial charge in [-0.25, -0.2) is 4.68 Å². The zero-order chi connectivity index (χ0) is 44.7. The van der Waals surface area contributed by atoms with Gasteiger partial charge in [-0.3, -0.25) is 39.0 Å². The molecule has 3 aromatic carbocycles. The summed E-state index contributed by atoms with van der Waals surface area (Å²) in [4.78, 5) is 81.9. The van der Waals surface area contributed by atoms with Crippen molar-refractivity contribution in [2.45, 2.75) is 82.7 Å². The number of rotatable bonds is 18. The number of benzene rings is 3. The summed E-state index contributed by atoms with van der Waals surface area (Å²) in [6.07, 6.45) is 8.05. The normalized spacial score (nSPS) is 18.7. The molecule has 0 bridgehead atoms. The van der Waals surface area contributed by atoms with Gasteiger partial charge in [0.25, 0.3) is 17.7 Å². The van der Waals surface area contributed by atoms with Crippen molar-refractivity contribution in [2.75, 3.05) is 56.9 Å². The number of amides is 6. The minimum Gasteiger partial charge on any atom is -0.457 e. The number of nitrogens with one attached hydrogen (secondary N) is 3. The highest BCUT2D eigenvalue weighted by Gasteiger charge is 2.45. The summed E-state index contributed by atoms with van der Waals surface area (Å²) in [5.41, 5.74) is 8.79. The van der Waals surface area contributed by atoms with E-state index < -0.39 is 35.6 Å². The summed E-state index contributed by atoms with van der Waals surface area (Å²) < 4.78 is 7.93. The van der Waals surface area contributed by atoms with Gasteiger partial charge < -0.3 is 30.9 Å². The molecule has 16 nitrogen and oxygen atoms in total. The number of nitrogens with zero attached hydrogens (tertiary/aromatic N) is 5. The van der Waals surface area contributed by atoms with Crippen LogP contribution >= 0.6 is 0 Å². The van der Waals surface area contributed by atoms with Crippen molar-refractivity contribution in [3.05, 3.63) is 89.5 Å². The first-order valence-corrected chi connectivity index (χ1v) is 22.6. The van der Waals surface area contributed by atoms with Crippen LogP contribution in [0, 0.1) is 5.92 Å². The third-order valence-corrected chi connectivity index (χ3v) is 12.9. The van der Waals surface area contributed by atoms with Gasteiger partial charge in [-0.1, -0.05) is 37.1 Å². The number of para-hydroxylation sites is 1. The molecule has 0 saturated carbocycles. The van der Waals surface area contributed by atoms with Crippen LogP contribution in [0.25, 0.3) is 11.3 Å². The van der Waals surface area contributed by atoms with E-state index in [1.165, 1.54) is 0 Å². The molecule has 8 rings (SSSR count). The molecule has 0 radical (unpaired) electrons. The molecular weight excluding hydrogens is 815 g/mol. The maximum atomic E-state index is 13.3. The quantitative estimate of drug-likeness (QED) is 0.0694. The molecule has 1 aromatic heterocycles. The molecule has 336 valence electrons. The van der Waals surface area contributed by atoms with Gasteiger partial charge in [0.1, 0.15) is 34.6 Å². The molecule has 0 spiro atoms. The van der Waals surface area contributed by atoms with E-state index >= 15 is 0 Å². The largest absolute Gasteiger partial charge is 0.457 e. The molecule has 4 aliphatic heterocycles. The Bertz CT molecular complexity index is 2380. The van der Waals surface area contributed by atoms with E-state index in [0.717, 1.165) is 80.7 Å². The second kappa shape index (κ2) is 19.9. The predicted molar refractivity (Wildman–Crippen MR) is 241 cm³/mol. The summed E-state index contributed by atoms with van der Waals surface area (Å²) in [6, 6.07) is 21.3.